The highest BCUT2D eigenvalue weighted by atomic mass is 33.1. The molecule has 8 heterocycles. The fraction of sp³-hybridized carbons (Fsp3) is 0.500. The lowest BCUT2D eigenvalue weighted by Gasteiger charge is -2.25. The Kier molecular flexibility index (Phi) is 43.5. The number of fused-ring (bicyclic) bond motifs is 4. The summed E-state index contributed by atoms with van der Waals surface area (Å²) < 4.78 is 170. The van der Waals surface area contributed by atoms with Crippen LogP contribution in [0.1, 0.15) is 232 Å². The van der Waals surface area contributed by atoms with Crippen LogP contribution in [0.3, 0.4) is 0 Å². The van der Waals surface area contributed by atoms with E-state index in [4.69, 9.17) is 30.4 Å². The number of unbranched alkanes of at least 4 members (excludes halogenated alkanes) is 4. The number of aromatic amines is 2. The van der Waals surface area contributed by atoms with Gasteiger partial charge in [-0.2, -0.15) is 26.0 Å². The van der Waals surface area contributed by atoms with Crippen molar-refractivity contribution in [2.75, 3.05) is 98.4 Å². The fourth-order valence-electron chi connectivity index (χ4n) is 18.9. The van der Waals surface area contributed by atoms with E-state index in [2.05, 4.69) is 75.1 Å². The molecule has 0 aliphatic carbocycles. The molecule has 0 bridgehead atoms. The van der Waals surface area contributed by atoms with Gasteiger partial charge in [0.2, 0.25) is 35.0 Å². The Morgan fingerprint density at radius 1 is 0.537 bits per heavy atom. The molecule has 2 saturated heterocycles. The molecule has 0 spiro atoms. The lowest BCUT2D eigenvalue weighted by atomic mass is 9.81. The van der Waals surface area contributed by atoms with Gasteiger partial charge in [-0.15, -0.1) is 6.58 Å². The smallest absolute Gasteiger partial charge is 0.330 e. The van der Waals surface area contributed by atoms with E-state index in [1.54, 1.807) is 62.7 Å². The molecule has 2 fully saturated rings. The van der Waals surface area contributed by atoms with Gasteiger partial charge in [-0.05, 0) is 170 Å². The number of primary amides is 1. The van der Waals surface area contributed by atoms with Crippen molar-refractivity contribution in [1.82, 2.24) is 35.1 Å². The molecule has 6 aromatic rings. The van der Waals surface area contributed by atoms with Crippen LogP contribution in [-0.2, 0) is 100 Å². The maximum atomic E-state index is 12.7. The molecule has 12 rings (SSSR count). The number of likely N-dealkylation sites (N-methyl/N-ethyl adjacent to an activating group) is 2. The van der Waals surface area contributed by atoms with Crippen molar-refractivity contribution in [2.24, 2.45) is 11.5 Å². The van der Waals surface area contributed by atoms with Crippen molar-refractivity contribution in [3.05, 3.63) is 221 Å². The maximum Gasteiger partial charge on any atom is 0.330 e. The largest absolute Gasteiger partial charge is 0.744 e. The summed E-state index contributed by atoms with van der Waals surface area (Å²) in [6.07, 6.45) is 23.7. The third kappa shape index (κ3) is 31.3. The number of anilines is 2. The summed E-state index contributed by atoms with van der Waals surface area (Å²) in [5.74, 6) is 12.8. The molecule has 6 atom stereocenters. The van der Waals surface area contributed by atoms with E-state index in [-0.39, 0.29) is 98.3 Å². The van der Waals surface area contributed by atoms with Crippen LogP contribution in [0.25, 0.3) is 0 Å². The number of rotatable bonds is 47. The van der Waals surface area contributed by atoms with E-state index < -0.39 is 97.1 Å². The summed E-state index contributed by atoms with van der Waals surface area (Å²) in [7, 11) is -12.0. The molecular weight excluding hydrogens is 2070 g/mol. The Bertz CT molecular complexity index is 7000. The lowest BCUT2D eigenvalue weighted by Crippen LogP contribution is -2.33. The number of allylic oxidation sites excluding steroid dienone is 8. The number of H-pyrrole nitrogens is 2. The van der Waals surface area contributed by atoms with Crippen LogP contribution >= 0.6 is 43.2 Å². The molecule has 11 N–H and O–H groups in total. The second-order valence-corrected chi connectivity index (χ2v) is 49.2. The van der Waals surface area contributed by atoms with Crippen molar-refractivity contribution in [1.29, 1.82) is 0 Å². The van der Waals surface area contributed by atoms with Crippen molar-refractivity contribution >= 4 is 141 Å². The zero-order valence-electron chi connectivity index (χ0n) is 86.3. The van der Waals surface area contributed by atoms with Crippen LogP contribution in [-0.4, -0.2) is 228 Å². The number of benzene rings is 4. The molecule has 6 unspecified atom stereocenters. The third-order valence-electron chi connectivity index (χ3n) is 26.5. The minimum Gasteiger partial charge on any atom is -0.744 e. The van der Waals surface area contributed by atoms with Crippen LogP contribution in [0.4, 0.5) is 22.7 Å². The highest BCUT2D eigenvalue weighted by Crippen LogP contribution is 2.51. The number of nitrogens with two attached hydrogens (primary N) is 2. The molecule has 0 saturated carbocycles. The Hall–Kier alpha value is -10.3. The van der Waals surface area contributed by atoms with Crippen LogP contribution in [0, 0.1) is 23.7 Å². The number of carbonyl (C=O) groups is 4. The number of amides is 4. The molecule has 149 heavy (non-hydrogen) atoms. The van der Waals surface area contributed by atoms with Crippen LogP contribution < -0.4 is 59.7 Å². The maximum absolute atomic E-state index is 12.7. The summed E-state index contributed by atoms with van der Waals surface area (Å²) in [6, 6.07) is 18.2. The first kappa shape index (κ1) is 121. The van der Waals surface area contributed by atoms with Crippen LogP contribution in [0.2, 0.25) is 0 Å². The summed E-state index contributed by atoms with van der Waals surface area (Å²) in [4.78, 5) is 105. The first-order chi connectivity index (χ1) is 70.4. The number of carbonyl (C=O) groups excluding carboxylic acids is 4. The lowest BCUT2D eigenvalue weighted by molar-refractivity contribution is -0.438. The molecule has 45 heteroatoms. The fourth-order valence-corrected chi connectivity index (χ4v) is 24.7. The van der Waals surface area contributed by atoms with Gasteiger partial charge in [0.1, 0.15) is 56.9 Å². The average molecular weight is 2210 g/mol. The molecule has 4 aromatic carbocycles. The molecule has 4 amide bonds. The van der Waals surface area contributed by atoms with Crippen LogP contribution in [0.5, 0.6) is 0 Å². The third-order valence-corrected chi connectivity index (χ3v) is 34.7. The molecule has 2 aromatic heterocycles. The van der Waals surface area contributed by atoms with Gasteiger partial charge in [-0.25, -0.2) is 26.4 Å². The molecule has 6 aliphatic rings. The van der Waals surface area contributed by atoms with Gasteiger partial charge in [-0.3, -0.25) is 57.0 Å². The van der Waals surface area contributed by atoms with Gasteiger partial charge >= 0.3 is 11.4 Å². The van der Waals surface area contributed by atoms with Crippen molar-refractivity contribution in [2.45, 2.75) is 264 Å². The van der Waals surface area contributed by atoms with E-state index in [1.165, 1.54) is 80.9 Å². The second kappa shape index (κ2) is 53.8. The first-order valence-electron chi connectivity index (χ1n) is 49.6. The van der Waals surface area contributed by atoms with Crippen molar-refractivity contribution in [3.63, 3.8) is 0 Å². The van der Waals surface area contributed by atoms with Gasteiger partial charge in [-0.1, -0.05) is 134 Å². The van der Waals surface area contributed by atoms with Crippen molar-refractivity contribution in [3.8, 4) is 23.7 Å². The average Bonchev–Trinajstić information content (AvgIpc) is 1.59. The molecule has 810 valence electrons. The topological polar surface area (TPSA) is 539 Å². The number of ether oxygens (including phenoxy) is 4. The number of hydrogen-bond donors (Lipinski definition) is 9. The number of hydrogen-bond acceptors (Lipinski definition) is 29. The van der Waals surface area contributed by atoms with E-state index in [9.17, 15) is 90.2 Å². The Balaban J connectivity index is 0.000000260. The highest BCUT2D eigenvalue weighted by molar-refractivity contribution is 8.77. The Morgan fingerprint density at radius 2 is 0.940 bits per heavy atom. The van der Waals surface area contributed by atoms with E-state index in [1.807, 2.05) is 126 Å². The predicted molar refractivity (Wildman–Crippen MR) is 581 cm³/mol. The monoisotopic (exact) mass is 2210 g/mol. The Labute approximate surface area is 887 Å². The van der Waals surface area contributed by atoms with Crippen LogP contribution in [0.15, 0.2) is 184 Å². The van der Waals surface area contributed by atoms with Gasteiger partial charge in [0, 0.05) is 189 Å². The number of nitrogens with one attached hydrogen (secondary N) is 5. The summed E-state index contributed by atoms with van der Waals surface area (Å²) in [5, 5.41) is 8.61. The molecule has 6 aliphatic heterocycles. The van der Waals surface area contributed by atoms with Gasteiger partial charge < -0.3 is 65.3 Å². The molecular formula is C104H137N13O24S8. The van der Waals surface area contributed by atoms with E-state index >= 15 is 0 Å². The summed E-state index contributed by atoms with van der Waals surface area (Å²) in [5.41, 5.74) is 15.9. The summed E-state index contributed by atoms with van der Waals surface area (Å²) >= 11 is 0. The van der Waals surface area contributed by atoms with E-state index in [0.717, 1.165) is 113 Å². The highest BCUT2D eigenvalue weighted by Gasteiger charge is 2.49. The molecule has 0 radical (unpaired) electrons. The van der Waals surface area contributed by atoms with Gasteiger partial charge in [0.25, 0.3) is 31.4 Å². The Morgan fingerprint density at radius 3 is 1.34 bits per heavy atom. The molecule has 37 nitrogen and oxygen atoms in total. The zero-order valence-corrected chi connectivity index (χ0v) is 92.8. The minimum absolute atomic E-state index is 0.0164. The minimum atomic E-state index is -4.71. The van der Waals surface area contributed by atoms with E-state index in [0.29, 0.717) is 120 Å². The number of aromatic nitrogens is 4. The van der Waals surface area contributed by atoms with Crippen molar-refractivity contribution < 1.29 is 99.2 Å². The zero-order chi connectivity index (χ0) is 109. The normalized spacial score (nSPS) is 19.3. The first-order valence-corrected chi connectivity index (χ1v) is 60.3. The summed E-state index contributed by atoms with van der Waals surface area (Å²) in [6.45, 7) is 34.1. The SMILES string of the molecule is C=CCOC1CC(n2cc(C#CCN)c(=O)[nH]c2=O)OC1CC.CCCOC1CC(n2cc(C#CCNC(=O)CCSSCCNC(=O)CCCCC[N+]3=C(/C=C/C=C4/N(CC)c5ccc(S(=O)(=O)O)cc5C4(C)C)C(C)(C)c4cc(S(=O)(=O)[O-])ccc43)c(=O)[nH]c2=O)OC1CC.CCN1/C(=C/C=C/C2=[N+](CCCCCC(=O)NCCSSCCC(N)=O)c3ccc(S(=O)(=O)[O-])cc3C2(C)C)C(C)(C)c2cc(S(=O)(=O)O)ccc21. The standard InChI is InChI=1S/C52H68N6O12S4.C36H48N4O8S4.C16H21N3O4/c1-8-28-69-43-33-48(70-42(43)9-2)58-34-35(49(61)55-50(58)62)16-15-25-53-47(60)24-29-71-72-30-26-54-46(59)19-12-11-13-27-57-41-23-21-37(74(66,67)68)32-39(41)52(6,7)45(57)18-14-17-44-51(4,5)38-31-36(73(63,64)65)20-22-40(38)56(44)10-3;1-6-39-29-16-14-25(51(43,44)45)23-27(29)35(2,3)31(39)11-10-12-32-36(4,5)28-24-26(52(46,47)48)15-17-30(28)40(32)20-9-7-8-13-34(42)38-19-22-50-49-21-18-33(37)41;1-3-8-22-13-9-14(23-12(13)4-2)19-10-11(6-5-7-17)15(20)18-16(19)21/h14,17-18,20-23,31-32,34,42-43,48H,8-13,19,24-30,33H2,1-7H3,(H4-,53,54,55,59,60,61,62,63,64,65,66,67,68);10-12,14-17,23-24H,6-9,13,18-22H2,1-5H3,(H4-,37,38,41,42,43,44,45,46,47,48);3,10,12-14H,1,4,7-9,17H2,2H3,(H,18,20,21). The van der Waals surface area contributed by atoms with Gasteiger partial charge in [0.15, 0.2) is 11.4 Å². The second-order valence-electron chi connectivity index (χ2n) is 38.2. The predicted octanol–water partition coefficient (Wildman–Crippen LogP) is 12.0. The van der Waals surface area contributed by atoms with Gasteiger partial charge in [0.05, 0.1) is 74.5 Å². The number of nitrogens with zero attached hydrogens (tertiary/aromatic N) is 6. The quantitative estimate of drug-likeness (QED) is 0.00428.